The minimum absolute atomic E-state index is 0.0553. The Hall–Kier alpha value is -2.44. The third-order valence-electron chi connectivity index (χ3n) is 3.73. The Labute approximate surface area is 115 Å². The van der Waals surface area contributed by atoms with Crippen molar-refractivity contribution in [3.63, 3.8) is 0 Å². The van der Waals surface area contributed by atoms with Crippen molar-refractivity contribution in [2.24, 2.45) is 16.5 Å². The first kappa shape index (κ1) is 14.0. The standard InChI is InChI=1S/C13H15FN4O2/c1-8(9-2-4-10(14)5-3-9)13(18(19)20)7-6-11(15)17-12(13)16/h2-6,8H,7,15H2,1H3,(H2,16,17). The van der Waals surface area contributed by atoms with E-state index < -0.39 is 22.2 Å². The van der Waals surface area contributed by atoms with Gasteiger partial charge >= 0.3 is 0 Å². The fourth-order valence-corrected chi connectivity index (χ4v) is 2.40. The summed E-state index contributed by atoms with van der Waals surface area (Å²) in [6.07, 6.45) is 1.54. The van der Waals surface area contributed by atoms with Crippen LogP contribution in [-0.2, 0) is 0 Å². The third kappa shape index (κ3) is 2.11. The maximum Gasteiger partial charge on any atom is 0.288 e. The van der Waals surface area contributed by atoms with Crippen LogP contribution < -0.4 is 11.5 Å². The zero-order chi connectivity index (χ0) is 14.9. The highest BCUT2D eigenvalue weighted by Gasteiger charge is 2.53. The zero-order valence-corrected chi connectivity index (χ0v) is 10.9. The molecule has 0 amide bonds. The van der Waals surface area contributed by atoms with E-state index in [1.807, 2.05) is 0 Å². The number of nitro groups is 1. The van der Waals surface area contributed by atoms with Crippen molar-refractivity contribution in [3.8, 4) is 0 Å². The molecule has 0 spiro atoms. The molecule has 1 aliphatic heterocycles. The van der Waals surface area contributed by atoms with Crippen molar-refractivity contribution in [1.29, 1.82) is 0 Å². The molecule has 1 aliphatic rings. The van der Waals surface area contributed by atoms with Gasteiger partial charge in [-0.05, 0) is 23.8 Å². The molecule has 106 valence electrons. The van der Waals surface area contributed by atoms with E-state index in [0.717, 1.165) is 0 Å². The summed E-state index contributed by atoms with van der Waals surface area (Å²) in [4.78, 5) is 15.0. The van der Waals surface area contributed by atoms with Crippen LogP contribution in [0.25, 0.3) is 0 Å². The minimum atomic E-state index is -1.55. The fraction of sp³-hybridized carbons (Fsp3) is 0.308. The Morgan fingerprint density at radius 2 is 2.00 bits per heavy atom. The lowest BCUT2D eigenvalue weighted by Crippen LogP contribution is -2.55. The molecule has 0 saturated heterocycles. The molecular formula is C13H15FN4O2. The van der Waals surface area contributed by atoms with E-state index in [1.54, 1.807) is 6.92 Å². The second kappa shape index (κ2) is 4.92. The average Bonchev–Trinajstić information content (AvgIpc) is 2.39. The molecule has 2 rings (SSSR count). The van der Waals surface area contributed by atoms with Crippen molar-refractivity contribution in [2.75, 3.05) is 0 Å². The molecule has 1 aromatic rings. The maximum absolute atomic E-state index is 13.0. The van der Waals surface area contributed by atoms with Gasteiger partial charge in [-0.1, -0.05) is 19.1 Å². The van der Waals surface area contributed by atoms with Gasteiger partial charge in [0.1, 0.15) is 11.6 Å². The number of hydrogen-bond acceptors (Lipinski definition) is 5. The molecule has 1 heterocycles. The second-order valence-corrected chi connectivity index (χ2v) is 4.78. The lowest BCUT2D eigenvalue weighted by molar-refractivity contribution is -0.551. The van der Waals surface area contributed by atoms with E-state index in [1.165, 1.54) is 30.3 Å². The van der Waals surface area contributed by atoms with Crippen LogP contribution in [0.15, 0.2) is 41.2 Å². The van der Waals surface area contributed by atoms with Gasteiger partial charge < -0.3 is 11.5 Å². The smallest absolute Gasteiger partial charge is 0.288 e. The zero-order valence-electron chi connectivity index (χ0n) is 10.9. The predicted octanol–water partition coefficient (Wildman–Crippen LogP) is 1.51. The van der Waals surface area contributed by atoms with Gasteiger partial charge in [0.05, 0.1) is 5.92 Å². The summed E-state index contributed by atoms with van der Waals surface area (Å²) < 4.78 is 13.0. The van der Waals surface area contributed by atoms with Gasteiger partial charge in [0.15, 0.2) is 5.84 Å². The molecule has 2 unspecified atom stereocenters. The number of nitrogens with zero attached hydrogens (tertiary/aromatic N) is 2. The maximum atomic E-state index is 13.0. The molecule has 0 radical (unpaired) electrons. The molecule has 0 fully saturated rings. The average molecular weight is 278 g/mol. The summed E-state index contributed by atoms with van der Waals surface area (Å²) in [5, 5.41) is 11.6. The van der Waals surface area contributed by atoms with Gasteiger partial charge in [-0.15, -0.1) is 0 Å². The first-order chi connectivity index (χ1) is 9.37. The number of amidine groups is 1. The summed E-state index contributed by atoms with van der Waals surface area (Å²) in [5.74, 6) is -0.915. The Bertz CT molecular complexity index is 597. The second-order valence-electron chi connectivity index (χ2n) is 4.78. The molecule has 2 atom stereocenters. The summed E-state index contributed by atoms with van der Waals surface area (Å²) in [5.41, 5.74) is 10.4. The minimum Gasteiger partial charge on any atom is -0.384 e. The highest BCUT2D eigenvalue weighted by Crippen LogP contribution is 2.36. The number of benzene rings is 1. The van der Waals surface area contributed by atoms with Crippen LogP contribution in [0.2, 0.25) is 0 Å². The molecular weight excluding hydrogens is 263 g/mol. The van der Waals surface area contributed by atoms with E-state index >= 15 is 0 Å². The fourth-order valence-electron chi connectivity index (χ4n) is 2.40. The van der Waals surface area contributed by atoms with Crippen LogP contribution in [-0.4, -0.2) is 16.3 Å². The largest absolute Gasteiger partial charge is 0.384 e. The van der Waals surface area contributed by atoms with Crippen molar-refractivity contribution in [1.82, 2.24) is 0 Å². The van der Waals surface area contributed by atoms with E-state index in [9.17, 15) is 14.5 Å². The molecule has 0 bridgehead atoms. The van der Waals surface area contributed by atoms with Crippen molar-refractivity contribution < 1.29 is 9.31 Å². The normalized spacial score (nSPS) is 23.7. The molecule has 1 aromatic carbocycles. The molecule has 4 N–H and O–H groups in total. The number of nitrogens with two attached hydrogens (primary N) is 2. The van der Waals surface area contributed by atoms with Crippen LogP contribution >= 0.6 is 0 Å². The molecule has 0 aromatic heterocycles. The number of rotatable bonds is 3. The first-order valence-electron chi connectivity index (χ1n) is 6.08. The lowest BCUT2D eigenvalue weighted by Gasteiger charge is -2.31. The lowest BCUT2D eigenvalue weighted by atomic mass is 9.76. The van der Waals surface area contributed by atoms with Gasteiger partial charge in [-0.25, -0.2) is 9.38 Å². The van der Waals surface area contributed by atoms with E-state index in [4.69, 9.17) is 11.5 Å². The number of halogens is 1. The van der Waals surface area contributed by atoms with Crippen LogP contribution in [0.5, 0.6) is 0 Å². The Morgan fingerprint density at radius 1 is 1.40 bits per heavy atom. The van der Waals surface area contributed by atoms with E-state index in [2.05, 4.69) is 4.99 Å². The van der Waals surface area contributed by atoms with E-state index in [0.29, 0.717) is 5.56 Å². The van der Waals surface area contributed by atoms with Gasteiger partial charge in [0.25, 0.3) is 5.54 Å². The highest BCUT2D eigenvalue weighted by molar-refractivity contribution is 5.91. The van der Waals surface area contributed by atoms with Crippen LogP contribution in [0, 0.1) is 15.9 Å². The van der Waals surface area contributed by atoms with Gasteiger partial charge in [-0.3, -0.25) is 10.1 Å². The Balaban J connectivity index is 2.47. The van der Waals surface area contributed by atoms with Crippen molar-refractivity contribution in [2.45, 2.75) is 24.8 Å². The Kier molecular flexibility index (Phi) is 3.44. The Morgan fingerprint density at radius 3 is 2.50 bits per heavy atom. The highest BCUT2D eigenvalue weighted by atomic mass is 19.1. The van der Waals surface area contributed by atoms with Gasteiger partial charge in [-0.2, -0.15) is 0 Å². The summed E-state index contributed by atoms with van der Waals surface area (Å²) in [7, 11) is 0. The van der Waals surface area contributed by atoms with Crippen LogP contribution in [0.3, 0.4) is 0 Å². The molecule has 7 heteroatoms. The third-order valence-corrected chi connectivity index (χ3v) is 3.73. The predicted molar refractivity (Wildman–Crippen MR) is 73.1 cm³/mol. The topological polar surface area (TPSA) is 108 Å². The number of hydrogen-bond donors (Lipinski definition) is 2. The SMILES string of the molecule is CC(c1ccc(F)cc1)C1([N+](=O)[O-])CC=C(N)N=C1N. The monoisotopic (exact) mass is 278 g/mol. The van der Waals surface area contributed by atoms with Crippen molar-refractivity contribution >= 4 is 5.84 Å². The quantitative estimate of drug-likeness (QED) is 0.645. The summed E-state index contributed by atoms with van der Waals surface area (Å²) in [6, 6.07) is 5.56. The molecule has 6 nitrogen and oxygen atoms in total. The van der Waals surface area contributed by atoms with Crippen molar-refractivity contribution in [3.05, 3.63) is 57.7 Å². The van der Waals surface area contributed by atoms with E-state index in [-0.39, 0.29) is 18.1 Å². The summed E-state index contributed by atoms with van der Waals surface area (Å²) in [6.45, 7) is 1.67. The van der Waals surface area contributed by atoms with Crippen LogP contribution in [0.1, 0.15) is 24.8 Å². The van der Waals surface area contributed by atoms with Gasteiger partial charge in [0.2, 0.25) is 0 Å². The van der Waals surface area contributed by atoms with Crippen LogP contribution in [0.4, 0.5) is 4.39 Å². The molecule has 0 aliphatic carbocycles. The van der Waals surface area contributed by atoms with Gasteiger partial charge in [0, 0.05) is 11.3 Å². The molecule has 20 heavy (non-hydrogen) atoms. The molecule has 0 saturated carbocycles. The number of aliphatic imine (C=N–C) groups is 1. The summed E-state index contributed by atoms with van der Waals surface area (Å²) >= 11 is 0. The first-order valence-corrected chi connectivity index (χ1v) is 6.08.